The number of thiazole rings is 1. The average Bonchev–Trinajstić information content (AvgIpc) is 3.23. The maximum absolute atomic E-state index is 12.1. The van der Waals surface area contributed by atoms with Crippen LogP contribution >= 0.6 is 34.5 Å². The lowest BCUT2D eigenvalue weighted by Crippen LogP contribution is -2.36. The zero-order chi connectivity index (χ0) is 18.5. The van der Waals surface area contributed by atoms with E-state index >= 15 is 0 Å². The SMILES string of the molecule is O=C(Cc1csc(NC(=O)NC2CCCC2)n1)Nc1ccc(Cl)c(Cl)c1. The van der Waals surface area contributed by atoms with Crippen molar-refractivity contribution in [3.05, 3.63) is 39.3 Å². The van der Waals surface area contributed by atoms with Crippen LogP contribution in [0, 0.1) is 0 Å². The molecule has 0 spiro atoms. The van der Waals surface area contributed by atoms with E-state index < -0.39 is 0 Å². The largest absolute Gasteiger partial charge is 0.335 e. The number of carbonyl (C=O) groups excluding carboxylic acids is 2. The van der Waals surface area contributed by atoms with Crippen LogP contribution in [0.4, 0.5) is 15.6 Å². The summed E-state index contributed by atoms with van der Waals surface area (Å²) in [5.41, 5.74) is 1.15. The Balaban J connectivity index is 1.50. The van der Waals surface area contributed by atoms with Crippen molar-refractivity contribution in [1.29, 1.82) is 0 Å². The fourth-order valence-corrected chi connectivity index (χ4v) is 3.78. The van der Waals surface area contributed by atoms with Gasteiger partial charge >= 0.3 is 6.03 Å². The molecule has 3 amide bonds. The maximum Gasteiger partial charge on any atom is 0.321 e. The van der Waals surface area contributed by atoms with Gasteiger partial charge in [0.25, 0.3) is 0 Å². The molecule has 0 unspecified atom stereocenters. The smallest absolute Gasteiger partial charge is 0.321 e. The van der Waals surface area contributed by atoms with E-state index in [9.17, 15) is 9.59 Å². The molecule has 0 radical (unpaired) electrons. The zero-order valence-corrected chi connectivity index (χ0v) is 16.2. The van der Waals surface area contributed by atoms with Crippen molar-refractivity contribution in [3.63, 3.8) is 0 Å². The molecule has 9 heteroatoms. The molecule has 138 valence electrons. The maximum atomic E-state index is 12.1. The minimum Gasteiger partial charge on any atom is -0.335 e. The van der Waals surface area contributed by atoms with Gasteiger partial charge in [0.05, 0.1) is 22.2 Å². The summed E-state index contributed by atoms with van der Waals surface area (Å²) in [7, 11) is 0. The molecule has 1 saturated carbocycles. The van der Waals surface area contributed by atoms with Crippen LogP contribution in [-0.4, -0.2) is 23.0 Å². The van der Waals surface area contributed by atoms with Gasteiger partial charge < -0.3 is 10.6 Å². The van der Waals surface area contributed by atoms with E-state index in [2.05, 4.69) is 20.9 Å². The van der Waals surface area contributed by atoms with Gasteiger partial charge in [0.2, 0.25) is 5.91 Å². The van der Waals surface area contributed by atoms with E-state index in [1.807, 2.05) is 0 Å². The Morgan fingerprint density at radius 2 is 1.92 bits per heavy atom. The van der Waals surface area contributed by atoms with Crippen molar-refractivity contribution in [2.45, 2.75) is 38.1 Å². The van der Waals surface area contributed by atoms with Crippen molar-refractivity contribution in [2.75, 3.05) is 10.6 Å². The number of benzene rings is 1. The van der Waals surface area contributed by atoms with E-state index in [1.54, 1.807) is 23.6 Å². The Hall–Kier alpha value is -1.83. The number of halogens is 2. The van der Waals surface area contributed by atoms with Crippen molar-refractivity contribution >= 4 is 57.3 Å². The van der Waals surface area contributed by atoms with Gasteiger partial charge in [0, 0.05) is 17.1 Å². The highest BCUT2D eigenvalue weighted by Gasteiger charge is 2.18. The summed E-state index contributed by atoms with van der Waals surface area (Å²) in [5.74, 6) is -0.226. The average molecular weight is 413 g/mol. The summed E-state index contributed by atoms with van der Waals surface area (Å²) in [6.07, 6.45) is 4.44. The second-order valence-corrected chi connectivity index (χ2v) is 7.75. The van der Waals surface area contributed by atoms with Crippen molar-refractivity contribution < 1.29 is 9.59 Å². The summed E-state index contributed by atoms with van der Waals surface area (Å²) in [5, 5.41) is 11.4. The van der Waals surface area contributed by atoms with Crippen LogP contribution < -0.4 is 16.0 Å². The molecule has 1 aromatic carbocycles. The van der Waals surface area contributed by atoms with Crippen molar-refractivity contribution in [1.82, 2.24) is 10.3 Å². The summed E-state index contributed by atoms with van der Waals surface area (Å²) in [6, 6.07) is 4.87. The molecule has 1 fully saturated rings. The lowest BCUT2D eigenvalue weighted by Gasteiger charge is -2.11. The second-order valence-electron chi connectivity index (χ2n) is 6.08. The molecular formula is C17H18Cl2N4O2S. The number of hydrogen-bond donors (Lipinski definition) is 3. The molecule has 2 aromatic rings. The molecule has 26 heavy (non-hydrogen) atoms. The number of aromatic nitrogens is 1. The predicted octanol–water partition coefficient (Wildman–Crippen LogP) is 4.70. The Kier molecular flexibility index (Phi) is 6.34. The third-order valence-electron chi connectivity index (χ3n) is 4.01. The van der Waals surface area contributed by atoms with Crippen LogP contribution in [0.25, 0.3) is 0 Å². The quantitative estimate of drug-likeness (QED) is 0.665. The van der Waals surface area contributed by atoms with E-state index in [-0.39, 0.29) is 24.4 Å². The van der Waals surface area contributed by atoms with Crippen LogP contribution in [0.1, 0.15) is 31.4 Å². The Labute approximate surface area is 165 Å². The Morgan fingerprint density at radius 3 is 2.65 bits per heavy atom. The fourth-order valence-electron chi connectivity index (χ4n) is 2.78. The van der Waals surface area contributed by atoms with Crippen molar-refractivity contribution in [3.8, 4) is 0 Å². The van der Waals surface area contributed by atoms with E-state index in [0.717, 1.165) is 25.7 Å². The van der Waals surface area contributed by atoms with Gasteiger partial charge in [-0.2, -0.15) is 0 Å². The first kappa shape index (κ1) is 18.9. The number of rotatable bonds is 5. The van der Waals surface area contributed by atoms with Gasteiger partial charge in [-0.15, -0.1) is 11.3 Å². The molecule has 6 nitrogen and oxygen atoms in total. The Bertz CT molecular complexity index is 806. The van der Waals surface area contributed by atoms with Crippen LogP contribution in [0.15, 0.2) is 23.6 Å². The number of nitrogens with zero attached hydrogens (tertiary/aromatic N) is 1. The Morgan fingerprint density at radius 1 is 1.15 bits per heavy atom. The second kappa shape index (κ2) is 8.70. The number of amides is 3. The zero-order valence-electron chi connectivity index (χ0n) is 13.9. The van der Waals surface area contributed by atoms with Crippen molar-refractivity contribution in [2.24, 2.45) is 0 Å². The molecule has 3 rings (SSSR count). The van der Waals surface area contributed by atoms with E-state index in [4.69, 9.17) is 23.2 Å². The highest BCUT2D eigenvalue weighted by atomic mass is 35.5. The summed E-state index contributed by atoms with van der Waals surface area (Å²) < 4.78 is 0. The number of carbonyl (C=O) groups is 2. The molecule has 0 aliphatic heterocycles. The molecule has 1 heterocycles. The summed E-state index contributed by atoms with van der Waals surface area (Å²) >= 11 is 13.1. The molecule has 3 N–H and O–H groups in total. The van der Waals surface area contributed by atoms with Crippen LogP contribution in [-0.2, 0) is 11.2 Å². The highest BCUT2D eigenvalue weighted by molar-refractivity contribution is 7.13. The summed E-state index contributed by atoms with van der Waals surface area (Å²) in [6.45, 7) is 0. The van der Waals surface area contributed by atoms with Gasteiger partial charge in [-0.3, -0.25) is 10.1 Å². The minimum atomic E-state index is -0.252. The van der Waals surface area contributed by atoms with Crippen LogP contribution in [0.3, 0.4) is 0 Å². The molecule has 0 saturated heterocycles. The van der Waals surface area contributed by atoms with Gasteiger partial charge in [-0.05, 0) is 31.0 Å². The monoisotopic (exact) mass is 412 g/mol. The van der Waals surface area contributed by atoms with Gasteiger partial charge in [0.15, 0.2) is 5.13 Å². The lowest BCUT2D eigenvalue weighted by molar-refractivity contribution is -0.115. The predicted molar refractivity (Wildman–Crippen MR) is 105 cm³/mol. The van der Waals surface area contributed by atoms with Gasteiger partial charge in [0.1, 0.15) is 0 Å². The number of hydrogen-bond acceptors (Lipinski definition) is 4. The first-order chi connectivity index (χ1) is 12.5. The standard InChI is InChI=1S/C17H18Cl2N4O2S/c18-13-6-5-11(7-14(13)19)20-15(24)8-12-9-26-17(22-12)23-16(25)21-10-3-1-2-4-10/h5-7,9-10H,1-4,8H2,(H,20,24)(H2,21,22,23,25). The topological polar surface area (TPSA) is 83.1 Å². The third kappa shape index (κ3) is 5.33. The number of urea groups is 1. The summed E-state index contributed by atoms with van der Waals surface area (Å²) in [4.78, 5) is 28.3. The van der Waals surface area contributed by atoms with Crippen LogP contribution in [0.2, 0.25) is 10.0 Å². The third-order valence-corrected chi connectivity index (χ3v) is 5.55. The number of nitrogens with one attached hydrogen (secondary N) is 3. The molecule has 1 aromatic heterocycles. The first-order valence-electron chi connectivity index (χ1n) is 8.26. The molecule has 1 aliphatic rings. The minimum absolute atomic E-state index is 0.0999. The highest BCUT2D eigenvalue weighted by Crippen LogP contribution is 2.25. The molecule has 0 atom stereocenters. The van der Waals surface area contributed by atoms with E-state index in [1.165, 1.54) is 11.3 Å². The van der Waals surface area contributed by atoms with Crippen LogP contribution in [0.5, 0.6) is 0 Å². The molecule has 0 bridgehead atoms. The van der Waals surface area contributed by atoms with Gasteiger partial charge in [-0.1, -0.05) is 36.0 Å². The molecular weight excluding hydrogens is 395 g/mol. The van der Waals surface area contributed by atoms with E-state index in [0.29, 0.717) is 26.6 Å². The lowest BCUT2D eigenvalue weighted by atomic mass is 10.3. The number of anilines is 2. The first-order valence-corrected chi connectivity index (χ1v) is 9.90. The van der Waals surface area contributed by atoms with Gasteiger partial charge in [-0.25, -0.2) is 9.78 Å². The fraction of sp³-hybridized carbons (Fsp3) is 0.353. The normalized spacial score (nSPS) is 14.2. The molecule has 1 aliphatic carbocycles.